The molecule has 0 spiro atoms. The van der Waals surface area contributed by atoms with Crippen LogP contribution in [-0.2, 0) is 13.6 Å². The molecular weight excluding hydrogens is 436 g/mol. The number of para-hydroxylation sites is 1. The summed E-state index contributed by atoms with van der Waals surface area (Å²) in [6.45, 7) is 6.33. The van der Waals surface area contributed by atoms with Crippen molar-refractivity contribution >= 4 is 17.0 Å². The third-order valence-electron chi connectivity index (χ3n) is 5.52. The van der Waals surface area contributed by atoms with Crippen molar-refractivity contribution in [2.45, 2.75) is 13.5 Å². The first-order valence-corrected chi connectivity index (χ1v) is 11.3. The zero-order valence-electron chi connectivity index (χ0n) is 19.1. The highest BCUT2D eigenvalue weighted by Gasteiger charge is 2.18. The molecule has 0 saturated carbocycles. The summed E-state index contributed by atoms with van der Waals surface area (Å²) in [5, 5.41) is 2.01. The summed E-state index contributed by atoms with van der Waals surface area (Å²) in [5.74, 6) is 1.45. The maximum atomic E-state index is 13.3. The van der Waals surface area contributed by atoms with E-state index in [9.17, 15) is 4.79 Å². The number of aromatic nitrogens is 3. The van der Waals surface area contributed by atoms with E-state index in [2.05, 4.69) is 6.58 Å². The lowest BCUT2D eigenvalue weighted by molar-refractivity contribution is 0.404. The highest BCUT2D eigenvalue weighted by atomic mass is 32.1. The lowest BCUT2D eigenvalue weighted by Gasteiger charge is -2.12. The second-order valence-electron chi connectivity index (χ2n) is 7.39. The Hall–Kier alpha value is -3.78. The van der Waals surface area contributed by atoms with Gasteiger partial charge < -0.3 is 14.0 Å². The second-order valence-corrected chi connectivity index (χ2v) is 8.23. The number of benzene rings is 2. The van der Waals surface area contributed by atoms with Crippen LogP contribution in [0.4, 0.5) is 5.69 Å². The SMILES string of the molecule is C=CCn1c(-c2cc(OC)ccc2OC)csc1=Nc1c(C)n(C)n(-c2ccccc2)c1=O. The van der Waals surface area contributed by atoms with Gasteiger partial charge in [-0.1, -0.05) is 24.3 Å². The molecule has 170 valence electrons. The van der Waals surface area contributed by atoms with Gasteiger partial charge in [-0.3, -0.25) is 9.48 Å². The fraction of sp³-hybridized carbons (Fsp3) is 0.200. The van der Waals surface area contributed by atoms with Crippen LogP contribution in [0.2, 0.25) is 0 Å². The molecule has 2 aromatic heterocycles. The van der Waals surface area contributed by atoms with Gasteiger partial charge in [0.2, 0.25) is 0 Å². The van der Waals surface area contributed by atoms with Crippen LogP contribution in [0.3, 0.4) is 0 Å². The van der Waals surface area contributed by atoms with E-state index in [-0.39, 0.29) is 5.56 Å². The molecule has 0 bridgehead atoms. The molecule has 7 nitrogen and oxygen atoms in total. The predicted molar refractivity (Wildman–Crippen MR) is 132 cm³/mol. The van der Waals surface area contributed by atoms with Gasteiger partial charge in [-0.15, -0.1) is 17.9 Å². The lowest BCUT2D eigenvalue weighted by atomic mass is 10.1. The number of hydrogen-bond acceptors (Lipinski definition) is 5. The zero-order valence-corrected chi connectivity index (χ0v) is 19.9. The number of methoxy groups -OCH3 is 2. The van der Waals surface area contributed by atoms with Gasteiger partial charge in [0.25, 0.3) is 5.56 Å². The molecule has 4 aromatic rings. The molecule has 33 heavy (non-hydrogen) atoms. The highest BCUT2D eigenvalue weighted by Crippen LogP contribution is 2.34. The normalized spacial score (nSPS) is 11.6. The van der Waals surface area contributed by atoms with Crippen molar-refractivity contribution in [2.24, 2.45) is 12.0 Å². The van der Waals surface area contributed by atoms with Crippen molar-refractivity contribution < 1.29 is 9.47 Å². The Morgan fingerprint density at radius 2 is 1.88 bits per heavy atom. The Balaban J connectivity index is 1.93. The van der Waals surface area contributed by atoms with Crippen molar-refractivity contribution in [2.75, 3.05) is 14.2 Å². The molecule has 0 fully saturated rings. The van der Waals surface area contributed by atoms with E-state index in [1.807, 2.05) is 83.2 Å². The smallest absolute Gasteiger partial charge is 0.297 e. The second kappa shape index (κ2) is 9.38. The van der Waals surface area contributed by atoms with Crippen molar-refractivity contribution in [3.8, 4) is 28.4 Å². The summed E-state index contributed by atoms with van der Waals surface area (Å²) in [5.41, 5.74) is 3.60. The highest BCUT2D eigenvalue weighted by molar-refractivity contribution is 7.07. The Labute approximate surface area is 196 Å². The van der Waals surface area contributed by atoms with Crippen LogP contribution in [0, 0.1) is 6.92 Å². The molecule has 2 aromatic carbocycles. The molecule has 0 saturated heterocycles. The van der Waals surface area contributed by atoms with Gasteiger partial charge in [0, 0.05) is 24.5 Å². The first kappa shape index (κ1) is 22.4. The Kier molecular flexibility index (Phi) is 6.37. The number of rotatable bonds is 7. The monoisotopic (exact) mass is 462 g/mol. The molecule has 0 unspecified atom stereocenters. The predicted octanol–water partition coefficient (Wildman–Crippen LogP) is 4.45. The van der Waals surface area contributed by atoms with Crippen LogP contribution in [0.5, 0.6) is 11.5 Å². The minimum Gasteiger partial charge on any atom is -0.497 e. The molecule has 0 aliphatic carbocycles. The van der Waals surface area contributed by atoms with E-state index in [4.69, 9.17) is 14.5 Å². The number of hydrogen-bond donors (Lipinski definition) is 0. The molecule has 0 atom stereocenters. The van der Waals surface area contributed by atoms with Crippen LogP contribution in [-0.4, -0.2) is 28.2 Å². The molecule has 4 rings (SSSR count). The lowest BCUT2D eigenvalue weighted by Crippen LogP contribution is -2.20. The van der Waals surface area contributed by atoms with Crippen LogP contribution >= 0.6 is 11.3 Å². The number of ether oxygens (including phenoxy) is 2. The van der Waals surface area contributed by atoms with Crippen molar-refractivity contribution in [3.05, 3.63) is 87.4 Å². The zero-order chi connectivity index (χ0) is 23.5. The average molecular weight is 463 g/mol. The van der Waals surface area contributed by atoms with E-state index in [1.54, 1.807) is 18.9 Å². The van der Waals surface area contributed by atoms with Gasteiger partial charge in [0.05, 0.1) is 31.3 Å². The van der Waals surface area contributed by atoms with E-state index in [0.717, 1.165) is 34.1 Å². The van der Waals surface area contributed by atoms with Gasteiger partial charge in [0.1, 0.15) is 11.5 Å². The van der Waals surface area contributed by atoms with Crippen LogP contribution in [0.1, 0.15) is 5.69 Å². The third-order valence-corrected chi connectivity index (χ3v) is 6.39. The topological polar surface area (TPSA) is 62.7 Å². The van der Waals surface area contributed by atoms with E-state index in [1.165, 1.54) is 11.3 Å². The minimum absolute atomic E-state index is 0.166. The van der Waals surface area contributed by atoms with Crippen molar-refractivity contribution in [1.29, 1.82) is 0 Å². The third kappa shape index (κ3) is 4.05. The van der Waals surface area contributed by atoms with Crippen molar-refractivity contribution in [3.63, 3.8) is 0 Å². The maximum Gasteiger partial charge on any atom is 0.297 e. The maximum absolute atomic E-state index is 13.3. The molecule has 0 N–H and O–H groups in total. The van der Waals surface area contributed by atoms with E-state index < -0.39 is 0 Å². The molecular formula is C25H26N4O3S. The first-order chi connectivity index (χ1) is 16.0. The average Bonchev–Trinajstić information content (AvgIpc) is 3.33. The van der Waals surface area contributed by atoms with Crippen molar-refractivity contribution in [1.82, 2.24) is 13.9 Å². The summed E-state index contributed by atoms with van der Waals surface area (Å²) in [4.78, 5) is 18.8. The number of thiazole rings is 1. The largest absolute Gasteiger partial charge is 0.497 e. The first-order valence-electron chi connectivity index (χ1n) is 10.4. The number of nitrogens with zero attached hydrogens (tertiary/aromatic N) is 4. The standard InChI is InChI=1S/C25H26N4O3S/c1-6-14-28-21(20-15-19(31-4)12-13-22(20)32-5)16-33-25(28)26-23-17(2)27(3)29(24(23)30)18-10-8-7-9-11-18/h6-13,15-16H,1,14H2,2-5H3. The molecule has 0 radical (unpaired) electrons. The van der Waals surface area contributed by atoms with Gasteiger partial charge in [-0.25, -0.2) is 9.67 Å². The Bertz CT molecular complexity index is 1420. The summed E-state index contributed by atoms with van der Waals surface area (Å²) < 4.78 is 16.5. The van der Waals surface area contributed by atoms with Gasteiger partial charge >= 0.3 is 0 Å². The number of allylic oxidation sites excluding steroid dienone is 1. The quantitative estimate of drug-likeness (QED) is 0.381. The van der Waals surface area contributed by atoms with Gasteiger partial charge in [-0.05, 0) is 37.3 Å². The molecule has 0 aliphatic rings. The van der Waals surface area contributed by atoms with E-state index in [0.29, 0.717) is 17.0 Å². The minimum atomic E-state index is -0.166. The fourth-order valence-electron chi connectivity index (χ4n) is 3.73. The Morgan fingerprint density at radius 1 is 1.12 bits per heavy atom. The van der Waals surface area contributed by atoms with E-state index >= 15 is 0 Å². The summed E-state index contributed by atoms with van der Waals surface area (Å²) >= 11 is 1.46. The molecule has 2 heterocycles. The summed E-state index contributed by atoms with van der Waals surface area (Å²) in [6.07, 6.45) is 1.81. The Morgan fingerprint density at radius 3 is 2.55 bits per heavy atom. The molecule has 8 heteroatoms. The summed E-state index contributed by atoms with van der Waals surface area (Å²) in [7, 11) is 5.13. The van der Waals surface area contributed by atoms with Gasteiger partial charge in [0.15, 0.2) is 10.5 Å². The fourth-order valence-corrected chi connectivity index (χ4v) is 4.65. The van der Waals surface area contributed by atoms with Crippen LogP contribution in [0.15, 0.2) is 76.4 Å². The summed E-state index contributed by atoms with van der Waals surface area (Å²) in [6, 6.07) is 15.2. The van der Waals surface area contributed by atoms with Crippen LogP contribution in [0.25, 0.3) is 16.9 Å². The molecule has 0 aliphatic heterocycles. The molecule has 0 amide bonds. The van der Waals surface area contributed by atoms with Crippen LogP contribution < -0.4 is 19.8 Å². The van der Waals surface area contributed by atoms with Gasteiger partial charge in [-0.2, -0.15) is 0 Å².